The van der Waals surface area contributed by atoms with Crippen LogP contribution in [0.3, 0.4) is 0 Å². The molecule has 2 aromatic rings. The molecule has 0 fully saturated rings. The van der Waals surface area contributed by atoms with Crippen molar-refractivity contribution in [3.05, 3.63) is 70.5 Å². The van der Waals surface area contributed by atoms with E-state index >= 15 is 0 Å². The topological polar surface area (TPSA) is 44.1 Å². The van der Waals surface area contributed by atoms with Gasteiger partial charge in [0.1, 0.15) is 11.9 Å². The van der Waals surface area contributed by atoms with Crippen molar-refractivity contribution in [2.75, 3.05) is 4.90 Å². The number of hydrogen-bond acceptors (Lipinski definition) is 2. The first-order valence-corrected chi connectivity index (χ1v) is 6.95. The van der Waals surface area contributed by atoms with Crippen molar-refractivity contribution in [2.24, 2.45) is 0 Å². The van der Waals surface area contributed by atoms with Crippen LogP contribution in [0, 0.1) is 17.1 Å². The highest BCUT2D eigenvalue weighted by atomic mass is 35.5. The maximum absolute atomic E-state index is 13.9. The molecule has 0 radical (unpaired) electrons. The molecule has 0 aliphatic carbocycles. The average Bonchev–Trinajstić information content (AvgIpc) is 2.54. The van der Waals surface area contributed by atoms with E-state index in [2.05, 4.69) is 0 Å². The molecule has 5 heteroatoms. The second-order valence-corrected chi connectivity index (χ2v) is 5.22. The Morgan fingerprint density at radius 3 is 2.64 bits per heavy atom. The smallest absolute Gasteiger partial charge is 0.259 e. The van der Waals surface area contributed by atoms with Crippen molar-refractivity contribution in [1.82, 2.24) is 0 Å². The zero-order valence-electron chi connectivity index (χ0n) is 11.3. The van der Waals surface area contributed by atoms with Crippen LogP contribution in [0.2, 0.25) is 5.02 Å². The van der Waals surface area contributed by atoms with Gasteiger partial charge in [-0.25, -0.2) is 4.39 Å². The summed E-state index contributed by atoms with van der Waals surface area (Å²) >= 11 is 5.82. The lowest BCUT2D eigenvalue weighted by Gasteiger charge is -2.30. The van der Waals surface area contributed by atoms with Gasteiger partial charge in [0, 0.05) is 16.1 Å². The van der Waals surface area contributed by atoms with E-state index in [1.54, 1.807) is 30.3 Å². The summed E-state index contributed by atoms with van der Waals surface area (Å²) in [7, 11) is 0. The number of carbonyl (C=O) groups excluding carboxylic acids is 1. The number of benzene rings is 2. The molecule has 1 amide bonds. The molecule has 0 saturated heterocycles. The second kappa shape index (κ2) is 5.63. The van der Waals surface area contributed by atoms with Crippen LogP contribution in [-0.4, -0.2) is 11.9 Å². The van der Waals surface area contributed by atoms with Crippen LogP contribution in [0.5, 0.6) is 0 Å². The molecule has 3 rings (SSSR count). The van der Waals surface area contributed by atoms with Crippen LogP contribution in [0.1, 0.15) is 15.9 Å². The van der Waals surface area contributed by atoms with Crippen molar-refractivity contribution in [1.29, 1.82) is 5.26 Å². The molecule has 0 aromatic heterocycles. The summed E-state index contributed by atoms with van der Waals surface area (Å²) in [6.45, 7) is 0. The first kappa shape index (κ1) is 14.3. The lowest BCUT2D eigenvalue weighted by molar-refractivity contribution is 0.0985. The molecule has 0 spiro atoms. The highest BCUT2D eigenvalue weighted by Gasteiger charge is 2.30. The molecule has 22 heavy (non-hydrogen) atoms. The standard InChI is InChI=1S/C17H10ClFN2O/c18-12-6-4-11(5-7-12)17(22)21-13(10-20)8-9-14-15(19)2-1-3-16(14)21/h1-9,13H. The number of hydrogen-bond donors (Lipinski definition) is 0. The van der Waals surface area contributed by atoms with Crippen LogP contribution >= 0.6 is 11.6 Å². The summed E-state index contributed by atoms with van der Waals surface area (Å²) < 4.78 is 13.9. The molecule has 1 heterocycles. The number of amides is 1. The highest BCUT2D eigenvalue weighted by Crippen LogP contribution is 2.32. The fourth-order valence-corrected chi connectivity index (χ4v) is 2.52. The summed E-state index contributed by atoms with van der Waals surface area (Å²) in [6, 6.07) is 12.1. The zero-order chi connectivity index (χ0) is 15.7. The number of fused-ring (bicyclic) bond motifs is 1. The maximum Gasteiger partial charge on any atom is 0.259 e. The summed E-state index contributed by atoms with van der Waals surface area (Å²) in [4.78, 5) is 14.0. The van der Waals surface area contributed by atoms with E-state index in [9.17, 15) is 14.4 Å². The van der Waals surface area contributed by atoms with Gasteiger partial charge >= 0.3 is 0 Å². The van der Waals surface area contributed by atoms with Gasteiger partial charge < -0.3 is 0 Å². The predicted molar refractivity (Wildman–Crippen MR) is 83.1 cm³/mol. The minimum Gasteiger partial charge on any atom is -0.288 e. The van der Waals surface area contributed by atoms with Crippen LogP contribution < -0.4 is 4.90 Å². The number of nitrogens with zero attached hydrogens (tertiary/aromatic N) is 2. The number of rotatable bonds is 1. The van der Waals surface area contributed by atoms with Crippen LogP contribution in [-0.2, 0) is 0 Å². The molecule has 1 unspecified atom stereocenters. The lowest BCUT2D eigenvalue weighted by Crippen LogP contribution is -2.40. The van der Waals surface area contributed by atoms with Crippen LogP contribution in [0.4, 0.5) is 10.1 Å². The largest absolute Gasteiger partial charge is 0.288 e. The van der Waals surface area contributed by atoms with Gasteiger partial charge in [0.25, 0.3) is 5.91 Å². The molecule has 1 aliphatic rings. The highest BCUT2D eigenvalue weighted by molar-refractivity contribution is 6.30. The van der Waals surface area contributed by atoms with Crippen molar-refractivity contribution >= 4 is 29.3 Å². The summed E-state index contributed by atoms with van der Waals surface area (Å²) in [5.74, 6) is -0.807. The normalized spacial score (nSPS) is 16.0. The van der Waals surface area contributed by atoms with Crippen molar-refractivity contribution in [3.8, 4) is 6.07 Å². The Bertz CT molecular complexity index is 808. The van der Waals surface area contributed by atoms with Gasteiger partial charge in [0.15, 0.2) is 0 Å². The average molecular weight is 313 g/mol. The van der Waals surface area contributed by atoms with Gasteiger partial charge in [-0.3, -0.25) is 9.69 Å². The van der Waals surface area contributed by atoms with Crippen molar-refractivity contribution in [3.63, 3.8) is 0 Å². The molecule has 3 nitrogen and oxygen atoms in total. The first-order valence-electron chi connectivity index (χ1n) is 6.57. The van der Waals surface area contributed by atoms with E-state index < -0.39 is 11.9 Å². The third-order valence-electron chi connectivity index (χ3n) is 3.46. The number of carbonyl (C=O) groups is 1. The third-order valence-corrected chi connectivity index (χ3v) is 3.71. The van der Waals surface area contributed by atoms with E-state index in [1.165, 1.54) is 29.2 Å². The monoisotopic (exact) mass is 312 g/mol. The van der Waals surface area contributed by atoms with Crippen molar-refractivity contribution in [2.45, 2.75) is 6.04 Å². The second-order valence-electron chi connectivity index (χ2n) is 4.79. The van der Waals surface area contributed by atoms with Gasteiger partial charge in [-0.05, 0) is 42.5 Å². The van der Waals surface area contributed by atoms with Crippen LogP contribution in [0.25, 0.3) is 6.08 Å². The molecule has 2 aromatic carbocycles. The van der Waals surface area contributed by atoms with E-state index in [0.29, 0.717) is 21.8 Å². The lowest BCUT2D eigenvalue weighted by atomic mass is 10.0. The van der Waals surface area contributed by atoms with Gasteiger partial charge in [-0.1, -0.05) is 23.7 Å². The molecule has 1 atom stereocenters. The van der Waals surface area contributed by atoms with Gasteiger partial charge in [-0.15, -0.1) is 0 Å². The molecule has 0 N–H and O–H groups in total. The van der Waals surface area contributed by atoms with Gasteiger partial charge in [0.2, 0.25) is 0 Å². The Hall–Kier alpha value is -2.64. The van der Waals surface area contributed by atoms with E-state index in [0.717, 1.165) is 0 Å². The third kappa shape index (κ3) is 2.36. The van der Waals surface area contributed by atoms with E-state index in [4.69, 9.17) is 11.6 Å². The maximum atomic E-state index is 13.9. The Balaban J connectivity index is 2.10. The predicted octanol–water partition coefficient (Wildman–Crippen LogP) is 4.04. The van der Waals surface area contributed by atoms with Crippen molar-refractivity contribution < 1.29 is 9.18 Å². The van der Waals surface area contributed by atoms with E-state index in [-0.39, 0.29) is 5.91 Å². The minimum absolute atomic E-state index is 0.302. The summed E-state index contributed by atoms with van der Waals surface area (Å²) in [5.41, 5.74) is 1.07. The van der Waals surface area contributed by atoms with Gasteiger partial charge in [-0.2, -0.15) is 5.26 Å². The fraction of sp³-hybridized carbons (Fsp3) is 0.0588. The zero-order valence-corrected chi connectivity index (χ0v) is 12.1. The number of anilines is 1. The Kier molecular flexibility index (Phi) is 3.66. The number of nitriles is 1. The first-order chi connectivity index (χ1) is 10.6. The molecule has 1 aliphatic heterocycles. The van der Waals surface area contributed by atoms with Gasteiger partial charge in [0.05, 0.1) is 11.8 Å². The summed E-state index contributed by atoms with van der Waals surface area (Å²) in [6.07, 6.45) is 3.05. The molecule has 0 bridgehead atoms. The van der Waals surface area contributed by atoms with E-state index in [1.807, 2.05) is 6.07 Å². The Morgan fingerprint density at radius 1 is 1.23 bits per heavy atom. The SMILES string of the molecule is N#CC1C=Cc2c(F)cccc2N1C(=O)c1ccc(Cl)cc1. The Labute approximate surface area is 131 Å². The van der Waals surface area contributed by atoms with Crippen LogP contribution in [0.15, 0.2) is 48.5 Å². The molecular weight excluding hydrogens is 303 g/mol. The quantitative estimate of drug-likeness (QED) is 0.797. The fourth-order valence-electron chi connectivity index (χ4n) is 2.39. The molecular formula is C17H10ClFN2O. The minimum atomic E-state index is -0.780. The molecule has 108 valence electrons. The number of halogens is 2. The summed E-state index contributed by atoms with van der Waals surface area (Å²) in [5, 5.41) is 9.80. The molecule has 0 saturated carbocycles. The Morgan fingerprint density at radius 2 is 1.95 bits per heavy atom.